The van der Waals surface area contributed by atoms with Crippen LogP contribution in [0.25, 0.3) is 0 Å². The smallest absolute Gasteiger partial charge is 0.0241 e. The molecule has 0 radical (unpaired) electrons. The van der Waals surface area contributed by atoms with Gasteiger partial charge in [0.15, 0.2) is 0 Å². The maximum Gasteiger partial charge on any atom is -0.0241 e. The molecule has 0 N–H and O–H groups in total. The van der Waals surface area contributed by atoms with Crippen LogP contribution in [0.1, 0.15) is 36.8 Å². The summed E-state index contributed by atoms with van der Waals surface area (Å²) in [6.07, 6.45) is 7.55. The number of allylic oxidation sites excluding steroid dienone is 2. The molecule has 0 atom stereocenters. The highest BCUT2D eigenvalue weighted by atomic mass is 14.2. The molecule has 1 aliphatic carbocycles. The minimum absolute atomic E-state index is 1.19. The lowest BCUT2D eigenvalue weighted by Crippen LogP contribution is -1.93. The lowest BCUT2D eigenvalue weighted by atomic mass is 9.98. The van der Waals surface area contributed by atoms with Gasteiger partial charge in [-0.05, 0) is 49.7 Å². The summed E-state index contributed by atoms with van der Waals surface area (Å²) in [5.41, 5.74) is 6.38. The molecule has 1 saturated carbocycles. The minimum atomic E-state index is 1.19. The fourth-order valence-corrected chi connectivity index (χ4v) is 2.77. The molecule has 0 saturated heterocycles. The molecule has 0 aliphatic heterocycles. The van der Waals surface area contributed by atoms with Crippen LogP contribution in [0.15, 0.2) is 71.8 Å². The number of hydrogen-bond acceptors (Lipinski definition) is 0. The fourth-order valence-electron chi connectivity index (χ4n) is 2.77. The van der Waals surface area contributed by atoms with Crippen molar-refractivity contribution in [1.29, 1.82) is 0 Å². The third-order valence-corrected chi connectivity index (χ3v) is 4.12. The lowest BCUT2D eigenvalue weighted by Gasteiger charge is -2.08. The zero-order valence-electron chi connectivity index (χ0n) is 12.0. The summed E-state index contributed by atoms with van der Waals surface area (Å²) in [4.78, 5) is 0. The molecular formula is C20H22. The third-order valence-electron chi connectivity index (χ3n) is 4.12. The zero-order valence-corrected chi connectivity index (χ0v) is 12.0. The van der Waals surface area contributed by atoms with Gasteiger partial charge in [-0.25, -0.2) is 0 Å². The Morgan fingerprint density at radius 1 is 0.650 bits per heavy atom. The maximum absolute atomic E-state index is 2.24. The van der Waals surface area contributed by atoms with E-state index < -0.39 is 0 Å². The molecule has 0 unspecified atom stereocenters. The molecule has 0 aromatic heterocycles. The Balaban J connectivity index is 1.56. The normalized spacial score (nSPS) is 13.3. The van der Waals surface area contributed by atoms with Crippen LogP contribution in [0, 0.1) is 0 Å². The van der Waals surface area contributed by atoms with Crippen LogP contribution in [0.3, 0.4) is 0 Å². The molecule has 0 spiro atoms. The van der Waals surface area contributed by atoms with E-state index >= 15 is 0 Å². The van der Waals surface area contributed by atoms with Gasteiger partial charge in [-0.15, -0.1) is 0 Å². The molecule has 20 heavy (non-hydrogen) atoms. The van der Waals surface area contributed by atoms with E-state index in [4.69, 9.17) is 0 Å². The van der Waals surface area contributed by atoms with E-state index in [1.54, 1.807) is 11.1 Å². The van der Waals surface area contributed by atoms with Gasteiger partial charge in [-0.2, -0.15) is 0 Å². The second kappa shape index (κ2) is 6.56. The first-order valence-corrected chi connectivity index (χ1v) is 7.69. The first kappa shape index (κ1) is 13.2. The minimum Gasteiger partial charge on any atom is -0.0704 e. The summed E-state index contributed by atoms with van der Waals surface area (Å²) in [6.45, 7) is 0. The molecule has 0 heterocycles. The van der Waals surface area contributed by atoms with E-state index in [1.807, 2.05) is 0 Å². The van der Waals surface area contributed by atoms with Crippen molar-refractivity contribution >= 4 is 0 Å². The monoisotopic (exact) mass is 262 g/mol. The summed E-state index contributed by atoms with van der Waals surface area (Å²) in [6, 6.07) is 21.7. The fraction of sp³-hybridized carbons (Fsp3) is 0.300. The molecular weight excluding hydrogens is 240 g/mol. The molecule has 2 aromatic carbocycles. The van der Waals surface area contributed by atoms with Crippen molar-refractivity contribution in [2.24, 2.45) is 0 Å². The summed E-state index contributed by atoms with van der Waals surface area (Å²) >= 11 is 0. The van der Waals surface area contributed by atoms with Gasteiger partial charge < -0.3 is 0 Å². The average molecular weight is 262 g/mol. The van der Waals surface area contributed by atoms with Gasteiger partial charge in [0.25, 0.3) is 0 Å². The van der Waals surface area contributed by atoms with Crippen molar-refractivity contribution < 1.29 is 0 Å². The van der Waals surface area contributed by atoms with E-state index in [9.17, 15) is 0 Å². The molecule has 1 fully saturated rings. The van der Waals surface area contributed by atoms with Crippen LogP contribution < -0.4 is 0 Å². The van der Waals surface area contributed by atoms with Gasteiger partial charge in [0.2, 0.25) is 0 Å². The Bertz CT molecular complexity index is 512. The average Bonchev–Trinajstić information content (AvgIpc) is 3.34. The highest BCUT2D eigenvalue weighted by Gasteiger charge is 2.17. The van der Waals surface area contributed by atoms with Crippen molar-refractivity contribution in [3.05, 3.63) is 82.9 Å². The standard InChI is InChI=1S/C20H22/c1-3-7-17(8-4-1)11-13-19(20-15-16-20)14-12-18-9-5-2-6-10-18/h1-10H,11-16H2. The SMILES string of the molecule is c1ccc(CCC(CCc2ccccc2)=C2CC2)cc1. The van der Waals surface area contributed by atoms with Crippen LogP contribution in [0.4, 0.5) is 0 Å². The second-order valence-corrected chi connectivity index (χ2v) is 5.68. The highest BCUT2D eigenvalue weighted by molar-refractivity contribution is 5.28. The third kappa shape index (κ3) is 3.84. The summed E-state index contributed by atoms with van der Waals surface area (Å²) in [5, 5.41) is 0. The number of hydrogen-bond donors (Lipinski definition) is 0. The van der Waals surface area contributed by atoms with Crippen LogP contribution in [0.5, 0.6) is 0 Å². The van der Waals surface area contributed by atoms with E-state index in [2.05, 4.69) is 60.7 Å². The van der Waals surface area contributed by atoms with Crippen LogP contribution >= 0.6 is 0 Å². The van der Waals surface area contributed by atoms with Crippen molar-refractivity contribution in [3.63, 3.8) is 0 Å². The Morgan fingerprint density at radius 3 is 1.50 bits per heavy atom. The Kier molecular flexibility index (Phi) is 4.32. The number of aryl methyl sites for hydroxylation is 2. The van der Waals surface area contributed by atoms with Gasteiger partial charge in [-0.1, -0.05) is 71.8 Å². The van der Waals surface area contributed by atoms with Crippen molar-refractivity contribution in [2.45, 2.75) is 38.5 Å². The Hall–Kier alpha value is -1.82. The van der Waals surface area contributed by atoms with Crippen molar-refractivity contribution in [1.82, 2.24) is 0 Å². The van der Waals surface area contributed by atoms with Crippen LogP contribution in [-0.4, -0.2) is 0 Å². The van der Waals surface area contributed by atoms with Crippen molar-refractivity contribution in [3.8, 4) is 0 Å². The first-order valence-electron chi connectivity index (χ1n) is 7.69. The molecule has 0 nitrogen and oxygen atoms in total. The van der Waals surface area contributed by atoms with E-state index in [0.717, 1.165) is 0 Å². The Morgan fingerprint density at radius 2 is 1.10 bits per heavy atom. The van der Waals surface area contributed by atoms with Gasteiger partial charge in [0.1, 0.15) is 0 Å². The topological polar surface area (TPSA) is 0 Å². The summed E-state index contributed by atoms with van der Waals surface area (Å²) < 4.78 is 0. The van der Waals surface area contributed by atoms with Gasteiger partial charge >= 0.3 is 0 Å². The van der Waals surface area contributed by atoms with Gasteiger partial charge in [0, 0.05) is 0 Å². The maximum atomic E-state index is 2.24. The molecule has 2 aromatic rings. The number of rotatable bonds is 6. The summed E-state index contributed by atoms with van der Waals surface area (Å²) in [5.74, 6) is 0. The largest absolute Gasteiger partial charge is 0.0704 e. The molecule has 102 valence electrons. The van der Waals surface area contributed by atoms with E-state index in [-0.39, 0.29) is 0 Å². The molecule has 3 rings (SSSR count). The molecule has 0 bridgehead atoms. The van der Waals surface area contributed by atoms with Crippen LogP contribution in [-0.2, 0) is 12.8 Å². The predicted octanol–water partition coefficient (Wildman–Crippen LogP) is 5.34. The van der Waals surface area contributed by atoms with Crippen molar-refractivity contribution in [2.75, 3.05) is 0 Å². The second-order valence-electron chi connectivity index (χ2n) is 5.68. The zero-order chi connectivity index (χ0) is 13.6. The lowest BCUT2D eigenvalue weighted by molar-refractivity contribution is 0.830. The van der Waals surface area contributed by atoms with E-state index in [1.165, 1.54) is 49.7 Å². The first-order chi connectivity index (χ1) is 9.92. The quantitative estimate of drug-likeness (QED) is 0.616. The molecule has 1 aliphatic rings. The molecule has 0 amide bonds. The predicted molar refractivity (Wildman–Crippen MR) is 85.8 cm³/mol. The summed E-state index contributed by atoms with van der Waals surface area (Å²) in [7, 11) is 0. The number of benzene rings is 2. The molecule has 0 heteroatoms. The Labute approximate surface area is 122 Å². The van der Waals surface area contributed by atoms with Gasteiger partial charge in [-0.3, -0.25) is 0 Å². The van der Waals surface area contributed by atoms with Gasteiger partial charge in [0.05, 0.1) is 0 Å². The highest BCUT2D eigenvalue weighted by Crippen LogP contribution is 2.35. The van der Waals surface area contributed by atoms with Crippen LogP contribution in [0.2, 0.25) is 0 Å². The van der Waals surface area contributed by atoms with E-state index in [0.29, 0.717) is 0 Å².